The molecule has 1 atom stereocenters. The molecule has 0 bridgehead atoms. The fourth-order valence-electron chi connectivity index (χ4n) is 4.16. The van der Waals surface area contributed by atoms with Crippen molar-refractivity contribution in [2.24, 2.45) is 0 Å². The molecule has 4 rings (SSSR count). The van der Waals surface area contributed by atoms with Gasteiger partial charge in [-0.25, -0.2) is 17.5 Å². The molecule has 0 aliphatic carbocycles. The standard InChI is InChI=1S/C27H25FN2O5S/c1-15-13-19(17(3)29-22-12-8-11-21(28)23(22)27(32)30-36(4,33)34)26-20(14-15)24(31)16(2)25(35-26)18-9-6-5-7-10-18/h5-14,17,29H,1-4H3,(H,30,32)/t17-/m1/s1. The maximum Gasteiger partial charge on any atom is 0.269 e. The number of rotatable bonds is 6. The number of hydrogen-bond donors (Lipinski definition) is 2. The summed E-state index contributed by atoms with van der Waals surface area (Å²) in [7, 11) is -3.90. The lowest BCUT2D eigenvalue weighted by molar-refractivity contribution is 0.0978. The second kappa shape index (κ2) is 9.58. The second-order valence-electron chi connectivity index (χ2n) is 8.71. The van der Waals surface area contributed by atoms with Crippen molar-refractivity contribution in [2.45, 2.75) is 26.8 Å². The van der Waals surface area contributed by atoms with Crippen LogP contribution in [0.3, 0.4) is 0 Å². The molecular formula is C27H25FN2O5S. The normalized spacial score (nSPS) is 12.4. The largest absolute Gasteiger partial charge is 0.455 e. The SMILES string of the molecule is Cc1cc([C@@H](C)Nc2cccc(F)c2C(=O)NS(C)(=O)=O)c2oc(-c3ccccc3)c(C)c(=O)c2c1. The highest BCUT2D eigenvalue weighted by atomic mass is 32.2. The van der Waals surface area contributed by atoms with E-state index in [1.807, 2.05) is 43.3 Å². The lowest BCUT2D eigenvalue weighted by Gasteiger charge is -2.20. The Kier molecular flexibility index (Phi) is 6.69. The molecular weight excluding hydrogens is 483 g/mol. The van der Waals surface area contributed by atoms with Gasteiger partial charge in [-0.3, -0.25) is 9.59 Å². The first kappa shape index (κ1) is 25.1. The molecule has 0 aliphatic heterocycles. The highest BCUT2D eigenvalue weighted by Gasteiger charge is 2.23. The number of amides is 1. The van der Waals surface area contributed by atoms with E-state index in [9.17, 15) is 22.4 Å². The van der Waals surface area contributed by atoms with Gasteiger partial charge < -0.3 is 9.73 Å². The summed E-state index contributed by atoms with van der Waals surface area (Å²) in [6, 6.07) is 16.3. The van der Waals surface area contributed by atoms with Gasteiger partial charge in [0.1, 0.15) is 17.2 Å². The summed E-state index contributed by atoms with van der Waals surface area (Å²) in [6.45, 7) is 5.35. The smallest absolute Gasteiger partial charge is 0.269 e. The van der Waals surface area contributed by atoms with Gasteiger partial charge in [0.2, 0.25) is 10.0 Å². The van der Waals surface area contributed by atoms with Crippen molar-refractivity contribution >= 4 is 32.6 Å². The van der Waals surface area contributed by atoms with E-state index >= 15 is 0 Å². The number of carbonyl (C=O) groups is 1. The Hall–Kier alpha value is -3.98. The van der Waals surface area contributed by atoms with Crippen molar-refractivity contribution in [3.05, 3.63) is 99.0 Å². The maximum atomic E-state index is 14.6. The Morgan fingerprint density at radius 3 is 2.39 bits per heavy atom. The summed E-state index contributed by atoms with van der Waals surface area (Å²) >= 11 is 0. The van der Waals surface area contributed by atoms with Crippen LogP contribution in [0.1, 0.15) is 40.0 Å². The van der Waals surface area contributed by atoms with Gasteiger partial charge >= 0.3 is 0 Å². The summed E-state index contributed by atoms with van der Waals surface area (Å²) in [5.41, 5.74) is 2.55. The van der Waals surface area contributed by atoms with Gasteiger partial charge in [0.05, 0.1) is 28.9 Å². The van der Waals surface area contributed by atoms with E-state index in [1.165, 1.54) is 12.1 Å². The van der Waals surface area contributed by atoms with Crippen LogP contribution in [0.15, 0.2) is 69.9 Å². The van der Waals surface area contributed by atoms with Gasteiger partial charge in [-0.15, -0.1) is 0 Å². The number of hydrogen-bond acceptors (Lipinski definition) is 6. The van der Waals surface area contributed by atoms with E-state index in [0.29, 0.717) is 27.9 Å². The van der Waals surface area contributed by atoms with Crippen LogP contribution in [0.25, 0.3) is 22.3 Å². The van der Waals surface area contributed by atoms with Crippen molar-refractivity contribution in [2.75, 3.05) is 11.6 Å². The lowest BCUT2D eigenvalue weighted by Crippen LogP contribution is -2.31. The zero-order chi connectivity index (χ0) is 26.2. The lowest BCUT2D eigenvalue weighted by atomic mass is 9.98. The molecule has 0 fully saturated rings. The summed E-state index contributed by atoms with van der Waals surface area (Å²) in [5, 5.41) is 3.50. The fourth-order valence-corrected chi connectivity index (χ4v) is 4.60. The van der Waals surface area contributed by atoms with E-state index in [4.69, 9.17) is 4.42 Å². The molecule has 0 spiro atoms. The highest BCUT2D eigenvalue weighted by molar-refractivity contribution is 7.89. The molecule has 4 aromatic rings. The topological polar surface area (TPSA) is 105 Å². The molecule has 0 aliphatic rings. The fraction of sp³-hybridized carbons (Fsp3) is 0.185. The number of benzene rings is 3. The Balaban J connectivity index is 1.84. The molecule has 0 saturated heterocycles. The molecule has 36 heavy (non-hydrogen) atoms. The van der Waals surface area contributed by atoms with Crippen LogP contribution < -0.4 is 15.5 Å². The Morgan fingerprint density at radius 2 is 1.72 bits per heavy atom. The molecule has 186 valence electrons. The molecule has 3 aromatic carbocycles. The summed E-state index contributed by atoms with van der Waals surface area (Å²) < 4.78 is 45.8. The van der Waals surface area contributed by atoms with Crippen molar-refractivity contribution in [3.63, 3.8) is 0 Å². The van der Waals surface area contributed by atoms with E-state index in [1.54, 1.807) is 24.6 Å². The van der Waals surface area contributed by atoms with Crippen molar-refractivity contribution < 1.29 is 22.0 Å². The molecule has 1 amide bonds. The highest BCUT2D eigenvalue weighted by Crippen LogP contribution is 2.33. The Morgan fingerprint density at radius 1 is 1.03 bits per heavy atom. The van der Waals surface area contributed by atoms with Crippen LogP contribution in [0, 0.1) is 19.7 Å². The summed E-state index contributed by atoms with van der Waals surface area (Å²) in [5.74, 6) is -1.52. The van der Waals surface area contributed by atoms with Crippen LogP contribution in [0.2, 0.25) is 0 Å². The van der Waals surface area contributed by atoms with Gasteiger partial charge in [-0.1, -0.05) is 42.5 Å². The molecule has 0 saturated carbocycles. The van der Waals surface area contributed by atoms with Gasteiger partial charge in [-0.2, -0.15) is 0 Å². The van der Waals surface area contributed by atoms with Crippen molar-refractivity contribution in [1.29, 1.82) is 0 Å². The summed E-state index contributed by atoms with van der Waals surface area (Å²) in [6.07, 6.45) is 0.814. The number of anilines is 1. The summed E-state index contributed by atoms with van der Waals surface area (Å²) in [4.78, 5) is 25.8. The number of nitrogens with one attached hydrogen (secondary N) is 2. The zero-order valence-electron chi connectivity index (χ0n) is 20.2. The van der Waals surface area contributed by atoms with Crippen LogP contribution in [0.4, 0.5) is 10.1 Å². The number of carbonyl (C=O) groups excluding carboxylic acids is 1. The molecule has 1 heterocycles. The zero-order valence-corrected chi connectivity index (χ0v) is 21.0. The van der Waals surface area contributed by atoms with E-state index in [-0.39, 0.29) is 11.1 Å². The molecule has 2 N–H and O–H groups in total. The van der Waals surface area contributed by atoms with Crippen molar-refractivity contribution in [3.8, 4) is 11.3 Å². The van der Waals surface area contributed by atoms with Crippen LogP contribution in [-0.4, -0.2) is 20.6 Å². The first-order valence-corrected chi connectivity index (χ1v) is 13.1. The quantitative estimate of drug-likeness (QED) is 0.376. The third-order valence-corrected chi connectivity index (χ3v) is 6.34. The van der Waals surface area contributed by atoms with Crippen LogP contribution >= 0.6 is 0 Å². The number of aryl methyl sites for hydroxylation is 1. The van der Waals surface area contributed by atoms with Crippen LogP contribution in [-0.2, 0) is 10.0 Å². The predicted octanol–water partition coefficient (Wildman–Crippen LogP) is 5.08. The number of fused-ring (bicyclic) bond motifs is 1. The number of halogens is 1. The van der Waals surface area contributed by atoms with E-state index in [2.05, 4.69) is 5.32 Å². The second-order valence-corrected chi connectivity index (χ2v) is 10.5. The average molecular weight is 509 g/mol. The van der Waals surface area contributed by atoms with E-state index < -0.39 is 33.4 Å². The minimum absolute atomic E-state index is 0.0936. The minimum atomic E-state index is -3.90. The molecule has 0 unspecified atom stereocenters. The molecule has 1 aromatic heterocycles. The Bertz CT molecular complexity index is 1650. The van der Waals surface area contributed by atoms with Gasteiger partial charge in [-0.05, 0) is 44.5 Å². The first-order valence-electron chi connectivity index (χ1n) is 11.2. The van der Waals surface area contributed by atoms with Gasteiger partial charge in [0, 0.05) is 16.7 Å². The van der Waals surface area contributed by atoms with Crippen molar-refractivity contribution in [1.82, 2.24) is 4.72 Å². The Labute approximate surface area is 208 Å². The van der Waals surface area contributed by atoms with Gasteiger partial charge in [0.25, 0.3) is 5.91 Å². The maximum absolute atomic E-state index is 14.6. The predicted molar refractivity (Wildman–Crippen MR) is 138 cm³/mol. The number of sulfonamides is 1. The monoisotopic (exact) mass is 508 g/mol. The first-order chi connectivity index (χ1) is 17.0. The third kappa shape index (κ3) is 5.01. The minimum Gasteiger partial charge on any atom is -0.455 e. The van der Waals surface area contributed by atoms with E-state index in [0.717, 1.165) is 23.4 Å². The molecule has 0 radical (unpaired) electrons. The molecule has 7 nitrogen and oxygen atoms in total. The van der Waals surface area contributed by atoms with Crippen LogP contribution in [0.5, 0.6) is 0 Å². The average Bonchev–Trinajstić information content (AvgIpc) is 2.80. The third-order valence-electron chi connectivity index (χ3n) is 5.79. The van der Waals surface area contributed by atoms with Gasteiger partial charge in [0.15, 0.2) is 5.43 Å². The molecule has 9 heteroatoms.